The molecule has 0 aliphatic carbocycles. The van der Waals surface area contributed by atoms with Crippen LogP contribution in [0.25, 0.3) is 11.0 Å². The van der Waals surface area contributed by atoms with Gasteiger partial charge in [-0.15, -0.1) is 0 Å². The molecule has 0 radical (unpaired) electrons. The molecule has 0 unspecified atom stereocenters. The first-order valence-corrected chi connectivity index (χ1v) is 11.1. The zero-order valence-corrected chi connectivity index (χ0v) is 19.7. The molecule has 0 atom stereocenters. The second-order valence-corrected chi connectivity index (χ2v) is 8.00. The van der Waals surface area contributed by atoms with Crippen molar-refractivity contribution >= 4 is 34.2 Å². The van der Waals surface area contributed by atoms with Crippen LogP contribution in [0.2, 0.25) is 5.02 Å². The van der Waals surface area contributed by atoms with Crippen molar-refractivity contribution in [2.75, 3.05) is 25.6 Å². The second kappa shape index (κ2) is 11.2. The molecule has 0 fully saturated rings. The van der Waals surface area contributed by atoms with Crippen LogP contribution in [0.4, 0.5) is 5.69 Å². The normalized spacial score (nSPS) is 11.2. The Kier molecular flexibility index (Phi) is 8.30. The lowest BCUT2D eigenvalue weighted by Crippen LogP contribution is -2.26. The highest BCUT2D eigenvalue weighted by Gasteiger charge is 2.18. The Morgan fingerprint density at radius 2 is 2.09 bits per heavy atom. The van der Waals surface area contributed by atoms with Crippen molar-refractivity contribution in [3.8, 4) is 5.75 Å². The van der Waals surface area contributed by atoms with Crippen molar-refractivity contribution in [3.63, 3.8) is 0 Å². The number of hydrogen-bond donors (Lipinski definition) is 2. The van der Waals surface area contributed by atoms with E-state index in [0.29, 0.717) is 48.3 Å². The highest BCUT2D eigenvalue weighted by molar-refractivity contribution is 6.32. The Labute approximate surface area is 193 Å². The minimum atomic E-state index is -0.191. The fourth-order valence-corrected chi connectivity index (χ4v) is 3.60. The maximum Gasteiger partial charge on any atom is 0.254 e. The van der Waals surface area contributed by atoms with Crippen LogP contribution >= 0.6 is 11.6 Å². The molecule has 0 saturated carbocycles. The molecule has 32 heavy (non-hydrogen) atoms. The van der Waals surface area contributed by atoms with E-state index in [4.69, 9.17) is 21.1 Å². The molecule has 3 aromatic rings. The molecule has 9 heteroatoms. The first-order chi connectivity index (χ1) is 15.4. The summed E-state index contributed by atoms with van der Waals surface area (Å²) in [5, 5.41) is 12.1. The molecule has 172 valence electrons. The summed E-state index contributed by atoms with van der Waals surface area (Å²) in [6, 6.07) is 5.60. The molecule has 0 aliphatic rings. The molecule has 0 saturated heterocycles. The van der Waals surface area contributed by atoms with Crippen LogP contribution in [0.3, 0.4) is 0 Å². The topological polar surface area (TPSA) is 90.3 Å². The highest BCUT2D eigenvalue weighted by Crippen LogP contribution is 2.28. The van der Waals surface area contributed by atoms with Gasteiger partial charge >= 0.3 is 0 Å². The molecule has 1 amide bonds. The van der Waals surface area contributed by atoms with Gasteiger partial charge in [-0.3, -0.25) is 4.79 Å². The van der Waals surface area contributed by atoms with Gasteiger partial charge in [-0.25, -0.2) is 9.67 Å². The lowest BCUT2D eigenvalue weighted by Gasteiger charge is -2.14. The van der Waals surface area contributed by atoms with E-state index in [1.165, 1.54) is 0 Å². The Morgan fingerprint density at radius 1 is 1.28 bits per heavy atom. The molecule has 2 N–H and O–H groups in total. The number of nitrogens with zero attached hydrogens (tertiary/aromatic N) is 3. The maximum atomic E-state index is 12.9. The summed E-state index contributed by atoms with van der Waals surface area (Å²) in [5.74, 6) is 0.427. The number of anilines is 1. The van der Waals surface area contributed by atoms with Gasteiger partial charge in [-0.1, -0.05) is 17.7 Å². The number of aromatic nitrogens is 3. The number of ether oxygens (including phenoxy) is 2. The summed E-state index contributed by atoms with van der Waals surface area (Å²) in [4.78, 5) is 17.4. The van der Waals surface area contributed by atoms with E-state index < -0.39 is 0 Å². The molecule has 1 aromatic carbocycles. The largest absolute Gasteiger partial charge is 0.495 e. The van der Waals surface area contributed by atoms with E-state index in [0.717, 1.165) is 23.0 Å². The highest BCUT2D eigenvalue weighted by atomic mass is 35.5. The number of benzene rings is 1. The van der Waals surface area contributed by atoms with Crippen LogP contribution in [-0.4, -0.2) is 47.0 Å². The van der Waals surface area contributed by atoms with Gasteiger partial charge in [0.05, 0.1) is 41.1 Å². The summed E-state index contributed by atoms with van der Waals surface area (Å²) in [5.41, 5.74) is 2.85. The summed E-state index contributed by atoms with van der Waals surface area (Å²) in [7, 11) is 1.58. The standard InChI is InChI=1S/C23H30ClN5O3/c1-5-29-22-17(14-28-29)21(26-12-16-7-8-20(31-4)19(24)11-16)18(13-27-22)23(30)25-9-6-10-32-15(2)3/h7-8,11,13-15H,5-6,9-10,12H2,1-4H3,(H,25,30)(H,26,27). The molecular weight excluding hydrogens is 430 g/mol. The zero-order valence-electron chi connectivity index (χ0n) is 18.9. The molecule has 0 aliphatic heterocycles. The van der Waals surface area contributed by atoms with Gasteiger partial charge in [0.1, 0.15) is 5.75 Å². The van der Waals surface area contributed by atoms with Crippen molar-refractivity contribution < 1.29 is 14.3 Å². The third kappa shape index (κ3) is 5.69. The van der Waals surface area contributed by atoms with Gasteiger partial charge in [-0.05, 0) is 44.9 Å². The van der Waals surface area contributed by atoms with E-state index in [-0.39, 0.29) is 12.0 Å². The number of carbonyl (C=O) groups is 1. The number of fused-ring (bicyclic) bond motifs is 1. The van der Waals surface area contributed by atoms with Crippen molar-refractivity contribution in [2.45, 2.75) is 46.4 Å². The number of pyridine rings is 1. The van der Waals surface area contributed by atoms with Crippen LogP contribution in [0.5, 0.6) is 5.75 Å². The first kappa shape index (κ1) is 23.8. The van der Waals surface area contributed by atoms with Gasteiger partial charge in [-0.2, -0.15) is 5.10 Å². The van der Waals surface area contributed by atoms with Crippen molar-refractivity contribution in [1.82, 2.24) is 20.1 Å². The average Bonchev–Trinajstić information content (AvgIpc) is 3.20. The second-order valence-electron chi connectivity index (χ2n) is 7.60. The number of methoxy groups -OCH3 is 1. The predicted molar refractivity (Wildman–Crippen MR) is 127 cm³/mol. The van der Waals surface area contributed by atoms with Crippen LogP contribution in [0, 0.1) is 0 Å². The third-order valence-electron chi connectivity index (χ3n) is 4.95. The minimum Gasteiger partial charge on any atom is -0.495 e. The first-order valence-electron chi connectivity index (χ1n) is 10.7. The summed E-state index contributed by atoms with van der Waals surface area (Å²) >= 11 is 6.26. The predicted octanol–water partition coefficient (Wildman–Crippen LogP) is 4.27. The van der Waals surface area contributed by atoms with Gasteiger partial charge < -0.3 is 20.1 Å². The Bertz CT molecular complexity index is 1070. The Balaban J connectivity index is 1.81. The molecule has 2 heterocycles. The number of amides is 1. The number of halogens is 1. The summed E-state index contributed by atoms with van der Waals surface area (Å²) in [6.07, 6.45) is 4.25. The third-order valence-corrected chi connectivity index (χ3v) is 5.25. The summed E-state index contributed by atoms with van der Waals surface area (Å²) < 4.78 is 12.6. The monoisotopic (exact) mass is 459 g/mol. The number of rotatable bonds is 11. The van der Waals surface area contributed by atoms with E-state index in [9.17, 15) is 4.79 Å². The Hall–Kier alpha value is -2.84. The van der Waals surface area contributed by atoms with Crippen molar-refractivity contribution in [2.24, 2.45) is 0 Å². The molecule has 0 spiro atoms. The SMILES string of the molecule is CCn1ncc2c(NCc3ccc(OC)c(Cl)c3)c(C(=O)NCCCOC(C)C)cnc21. The number of nitrogens with one attached hydrogen (secondary N) is 2. The summed E-state index contributed by atoms with van der Waals surface area (Å²) in [6.45, 7) is 8.26. The number of carbonyl (C=O) groups excluding carboxylic acids is 1. The molecular formula is C23H30ClN5O3. The number of aryl methyl sites for hydroxylation is 1. The van der Waals surface area contributed by atoms with Crippen LogP contribution in [0.15, 0.2) is 30.6 Å². The quantitative estimate of drug-likeness (QED) is 0.416. The molecule has 0 bridgehead atoms. The number of hydrogen-bond acceptors (Lipinski definition) is 6. The maximum absolute atomic E-state index is 12.9. The van der Waals surface area contributed by atoms with E-state index in [1.54, 1.807) is 24.2 Å². The van der Waals surface area contributed by atoms with Crippen molar-refractivity contribution in [1.29, 1.82) is 0 Å². The zero-order chi connectivity index (χ0) is 23.1. The van der Waals surface area contributed by atoms with E-state index >= 15 is 0 Å². The minimum absolute atomic E-state index is 0.176. The van der Waals surface area contributed by atoms with E-state index in [1.807, 2.05) is 39.0 Å². The van der Waals surface area contributed by atoms with Gasteiger partial charge in [0.25, 0.3) is 5.91 Å². The Morgan fingerprint density at radius 3 is 2.78 bits per heavy atom. The van der Waals surface area contributed by atoms with Crippen molar-refractivity contribution in [3.05, 3.63) is 46.7 Å². The average molecular weight is 460 g/mol. The smallest absolute Gasteiger partial charge is 0.254 e. The van der Waals surface area contributed by atoms with Crippen LogP contribution < -0.4 is 15.4 Å². The van der Waals surface area contributed by atoms with Gasteiger partial charge in [0.15, 0.2) is 5.65 Å². The van der Waals surface area contributed by atoms with Crippen LogP contribution in [-0.2, 0) is 17.8 Å². The van der Waals surface area contributed by atoms with Gasteiger partial charge in [0.2, 0.25) is 0 Å². The fraction of sp³-hybridized carbons (Fsp3) is 0.435. The fourth-order valence-electron chi connectivity index (χ4n) is 3.32. The lowest BCUT2D eigenvalue weighted by atomic mass is 10.1. The molecule has 2 aromatic heterocycles. The lowest BCUT2D eigenvalue weighted by molar-refractivity contribution is 0.0757. The van der Waals surface area contributed by atoms with E-state index in [2.05, 4.69) is 20.7 Å². The molecule has 8 nitrogen and oxygen atoms in total. The van der Waals surface area contributed by atoms with Crippen LogP contribution in [0.1, 0.15) is 43.1 Å². The van der Waals surface area contributed by atoms with Gasteiger partial charge in [0, 0.05) is 32.4 Å². The molecule has 3 rings (SSSR count).